The molecular formula is C6H11N3O2. The van der Waals surface area contributed by atoms with Crippen LogP contribution in [-0.2, 0) is 9.59 Å². The summed E-state index contributed by atoms with van der Waals surface area (Å²) in [6.45, 7) is 0. The van der Waals surface area contributed by atoms with Gasteiger partial charge in [0, 0.05) is 14.1 Å². The van der Waals surface area contributed by atoms with Crippen LogP contribution in [0.2, 0.25) is 0 Å². The van der Waals surface area contributed by atoms with Gasteiger partial charge in [-0.15, -0.1) is 0 Å². The Morgan fingerprint density at radius 1 is 1.64 bits per heavy atom. The number of amides is 2. The zero-order valence-corrected chi connectivity index (χ0v) is 6.50. The first-order valence-corrected chi connectivity index (χ1v) is 3.31. The van der Waals surface area contributed by atoms with Gasteiger partial charge in [-0.3, -0.25) is 9.59 Å². The van der Waals surface area contributed by atoms with E-state index < -0.39 is 12.1 Å². The lowest BCUT2D eigenvalue weighted by atomic mass is 9.99. The maximum Gasteiger partial charge on any atom is 0.246 e. The minimum atomic E-state index is -0.662. The molecule has 2 unspecified atom stereocenters. The molecule has 0 radical (unpaired) electrons. The molecule has 0 spiro atoms. The normalized spacial score (nSPS) is 28.8. The summed E-state index contributed by atoms with van der Waals surface area (Å²) in [5.74, 6) is -0.415. The van der Waals surface area contributed by atoms with Crippen LogP contribution in [0.3, 0.4) is 0 Å². The monoisotopic (exact) mass is 157 g/mol. The number of rotatable bonds is 1. The summed E-state index contributed by atoms with van der Waals surface area (Å²) in [5, 5.41) is 2.42. The summed E-state index contributed by atoms with van der Waals surface area (Å²) in [6.07, 6.45) is 0. The van der Waals surface area contributed by atoms with Crippen molar-refractivity contribution in [1.82, 2.24) is 10.2 Å². The Bertz CT molecular complexity index is 202. The third kappa shape index (κ3) is 1.19. The molecule has 3 N–H and O–H groups in total. The average molecular weight is 157 g/mol. The highest BCUT2D eigenvalue weighted by molar-refractivity contribution is 6.01. The molecular weight excluding hydrogens is 146 g/mol. The van der Waals surface area contributed by atoms with E-state index in [-0.39, 0.29) is 11.8 Å². The molecule has 0 saturated carbocycles. The molecule has 62 valence electrons. The number of hydrogen-bond acceptors (Lipinski definition) is 3. The summed E-state index contributed by atoms with van der Waals surface area (Å²) in [7, 11) is 3.25. The number of nitrogens with one attached hydrogen (secondary N) is 1. The highest BCUT2D eigenvalue weighted by atomic mass is 16.2. The number of carbonyl (C=O) groups is 2. The van der Waals surface area contributed by atoms with Crippen molar-refractivity contribution in [2.24, 2.45) is 5.73 Å². The maximum absolute atomic E-state index is 11.1. The van der Waals surface area contributed by atoms with Gasteiger partial charge in [0.25, 0.3) is 0 Å². The molecule has 1 fully saturated rings. The molecule has 2 atom stereocenters. The largest absolute Gasteiger partial charge is 0.347 e. The summed E-state index contributed by atoms with van der Waals surface area (Å²) < 4.78 is 0. The van der Waals surface area contributed by atoms with Crippen molar-refractivity contribution in [3.05, 3.63) is 0 Å². The van der Waals surface area contributed by atoms with Crippen molar-refractivity contribution < 1.29 is 9.59 Å². The smallest absolute Gasteiger partial charge is 0.246 e. The third-order valence-electron chi connectivity index (χ3n) is 1.67. The van der Waals surface area contributed by atoms with E-state index in [1.807, 2.05) is 0 Å². The van der Waals surface area contributed by atoms with E-state index in [2.05, 4.69) is 5.32 Å². The van der Waals surface area contributed by atoms with Crippen LogP contribution in [0, 0.1) is 0 Å². The molecule has 1 heterocycles. The lowest BCUT2D eigenvalue weighted by Gasteiger charge is -2.34. The first kappa shape index (κ1) is 8.00. The van der Waals surface area contributed by atoms with Crippen LogP contribution in [0.15, 0.2) is 0 Å². The van der Waals surface area contributed by atoms with Gasteiger partial charge in [0.1, 0.15) is 12.1 Å². The lowest BCUT2D eigenvalue weighted by Crippen LogP contribution is -2.71. The van der Waals surface area contributed by atoms with Crippen LogP contribution >= 0.6 is 0 Å². The molecule has 2 amide bonds. The molecule has 0 aromatic rings. The number of nitrogens with two attached hydrogens (primary N) is 1. The van der Waals surface area contributed by atoms with Crippen LogP contribution in [0.1, 0.15) is 0 Å². The lowest BCUT2D eigenvalue weighted by molar-refractivity contribution is -0.143. The Kier molecular flexibility index (Phi) is 1.82. The fourth-order valence-corrected chi connectivity index (χ4v) is 0.888. The van der Waals surface area contributed by atoms with Crippen molar-refractivity contribution in [2.45, 2.75) is 12.1 Å². The van der Waals surface area contributed by atoms with Gasteiger partial charge in [0.2, 0.25) is 11.8 Å². The molecule has 5 heteroatoms. The zero-order valence-electron chi connectivity index (χ0n) is 6.50. The molecule has 0 bridgehead atoms. The Labute approximate surface area is 64.5 Å². The number of β-lactam (4-membered cyclic amide) rings is 1. The summed E-state index contributed by atoms with van der Waals surface area (Å²) in [6, 6.07) is -1.18. The third-order valence-corrected chi connectivity index (χ3v) is 1.67. The zero-order chi connectivity index (χ0) is 8.59. The minimum Gasteiger partial charge on any atom is -0.347 e. The quantitative estimate of drug-likeness (QED) is 0.428. The van der Waals surface area contributed by atoms with E-state index in [1.165, 1.54) is 4.90 Å². The molecule has 1 rings (SSSR count). The van der Waals surface area contributed by atoms with Gasteiger partial charge >= 0.3 is 0 Å². The number of likely N-dealkylation sites (N-methyl/N-ethyl adjacent to an activating group) is 1. The van der Waals surface area contributed by atoms with Gasteiger partial charge in [0.15, 0.2) is 0 Å². The Morgan fingerprint density at radius 3 is 2.45 bits per heavy atom. The van der Waals surface area contributed by atoms with Crippen LogP contribution in [-0.4, -0.2) is 42.9 Å². The molecule has 0 aromatic heterocycles. The van der Waals surface area contributed by atoms with Gasteiger partial charge in [0.05, 0.1) is 0 Å². The van der Waals surface area contributed by atoms with Gasteiger partial charge in [-0.25, -0.2) is 0 Å². The van der Waals surface area contributed by atoms with Crippen molar-refractivity contribution in [3.63, 3.8) is 0 Å². The van der Waals surface area contributed by atoms with Crippen LogP contribution in [0.4, 0.5) is 0 Å². The molecule has 11 heavy (non-hydrogen) atoms. The fourth-order valence-electron chi connectivity index (χ4n) is 0.888. The van der Waals surface area contributed by atoms with E-state index in [0.29, 0.717) is 0 Å². The topological polar surface area (TPSA) is 75.4 Å². The highest BCUT2D eigenvalue weighted by Crippen LogP contribution is 2.04. The van der Waals surface area contributed by atoms with Crippen molar-refractivity contribution >= 4 is 11.8 Å². The standard InChI is InChI=1S/C6H11N3O2/c1-9(2)6(11)4-3(7)5(10)8-4/h3-4H,7H2,1-2H3,(H,8,10). The Morgan fingerprint density at radius 2 is 2.18 bits per heavy atom. The second-order valence-electron chi connectivity index (χ2n) is 2.74. The van der Waals surface area contributed by atoms with Gasteiger partial charge in [-0.1, -0.05) is 0 Å². The van der Waals surface area contributed by atoms with Crippen LogP contribution in [0.5, 0.6) is 0 Å². The highest BCUT2D eigenvalue weighted by Gasteiger charge is 2.41. The molecule has 1 aliphatic rings. The summed E-state index contributed by atoms with van der Waals surface area (Å²) >= 11 is 0. The SMILES string of the molecule is CN(C)C(=O)C1NC(=O)C1N. The van der Waals surface area contributed by atoms with Gasteiger partial charge < -0.3 is 16.0 Å². The predicted molar refractivity (Wildman–Crippen MR) is 38.6 cm³/mol. The van der Waals surface area contributed by atoms with Crippen molar-refractivity contribution in [1.29, 1.82) is 0 Å². The van der Waals surface area contributed by atoms with E-state index in [4.69, 9.17) is 5.73 Å². The minimum absolute atomic E-state index is 0.155. The predicted octanol–water partition coefficient (Wildman–Crippen LogP) is -2.10. The first-order chi connectivity index (χ1) is 5.04. The van der Waals surface area contributed by atoms with E-state index in [0.717, 1.165) is 0 Å². The molecule has 5 nitrogen and oxygen atoms in total. The summed E-state index contributed by atoms with van der Waals surface area (Å²) in [4.78, 5) is 23.1. The molecule has 0 aromatic carbocycles. The number of hydrogen-bond donors (Lipinski definition) is 2. The van der Waals surface area contributed by atoms with E-state index >= 15 is 0 Å². The molecule has 1 aliphatic heterocycles. The van der Waals surface area contributed by atoms with Gasteiger partial charge in [-0.05, 0) is 0 Å². The summed E-state index contributed by atoms with van der Waals surface area (Å²) in [5.41, 5.74) is 5.35. The average Bonchev–Trinajstić information content (AvgIpc) is 1.98. The maximum atomic E-state index is 11.1. The van der Waals surface area contributed by atoms with Crippen LogP contribution in [0.25, 0.3) is 0 Å². The Hall–Kier alpha value is -1.10. The van der Waals surface area contributed by atoms with Crippen molar-refractivity contribution in [3.8, 4) is 0 Å². The first-order valence-electron chi connectivity index (χ1n) is 3.31. The number of carbonyl (C=O) groups excluding carboxylic acids is 2. The van der Waals surface area contributed by atoms with Crippen LogP contribution < -0.4 is 11.1 Å². The second-order valence-corrected chi connectivity index (χ2v) is 2.74. The van der Waals surface area contributed by atoms with E-state index in [9.17, 15) is 9.59 Å². The fraction of sp³-hybridized carbons (Fsp3) is 0.667. The second kappa shape index (κ2) is 2.50. The van der Waals surface area contributed by atoms with Crippen molar-refractivity contribution in [2.75, 3.05) is 14.1 Å². The Balaban J connectivity index is 2.52. The van der Waals surface area contributed by atoms with E-state index in [1.54, 1.807) is 14.1 Å². The molecule has 0 aliphatic carbocycles. The van der Waals surface area contributed by atoms with Gasteiger partial charge in [-0.2, -0.15) is 0 Å². The number of nitrogens with zero attached hydrogens (tertiary/aromatic N) is 1. The molecule has 1 saturated heterocycles.